The Morgan fingerprint density at radius 1 is 1.33 bits per heavy atom. The molecule has 0 aliphatic carbocycles. The van der Waals surface area contributed by atoms with Gasteiger partial charge in [0, 0.05) is 6.07 Å². The lowest BCUT2D eigenvalue weighted by atomic mass is 10.1. The molecule has 0 saturated carbocycles. The Kier molecular flexibility index (Phi) is 3.12. The highest BCUT2D eigenvalue weighted by Crippen LogP contribution is 2.18. The third-order valence-corrected chi connectivity index (χ3v) is 3.10. The topological polar surface area (TPSA) is 84.6 Å². The first-order valence-corrected chi connectivity index (χ1v) is 5.85. The molecule has 1 N–H and O–H groups in total. The molecule has 2 aromatic heterocycles. The molecule has 0 saturated heterocycles. The van der Waals surface area contributed by atoms with Crippen molar-refractivity contribution in [3.63, 3.8) is 0 Å². The number of rotatable bonds is 3. The fourth-order valence-electron chi connectivity index (χ4n) is 1.44. The van der Waals surface area contributed by atoms with E-state index in [-0.39, 0.29) is 10.6 Å². The van der Waals surface area contributed by atoms with E-state index in [0.29, 0.717) is 0 Å². The molecule has 0 fully saturated rings. The van der Waals surface area contributed by atoms with Gasteiger partial charge in [-0.3, -0.25) is 9.59 Å². The average Bonchev–Trinajstić information content (AvgIpc) is 2.79. The van der Waals surface area contributed by atoms with Crippen molar-refractivity contribution >= 4 is 22.9 Å². The first-order valence-electron chi connectivity index (χ1n) is 4.97. The monoisotopic (exact) mass is 264 g/mol. The van der Waals surface area contributed by atoms with Crippen LogP contribution in [0.5, 0.6) is 5.75 Å². The van der Waals surface area contributed by atoms with Crippen molar-refractivity contribution in [1.29, 1.82) is 0 Å². The number of carbonyl (C=O) groups excluding carboxylic acids is 2. The molecule has 5 nitrogen and oxygen atoms in total. The summed E-state index contributed by atoms with van der Waals surface area (Å²) < 4.78 is 4.69. The quantitative estimate of drug-likeness (QED) is 0.674. The van der Waals surface area contributed by atoms with E-state index in [1.165, 1.54) is 13.0 Å². The second-order valence-electron chi connectivity index (χ2n) is 3.54. The summed E-state index contributed by atoms with van der Waals surface area (Å²) in [6, 6.07) is 4.21. The van der Waals surface area contributed by atoms with E-state index >= 15 is 0 Å². The van der Waals surface area contributed by atoms with Crippen LogP contribution in [0, 0.1) is 6.92 Å². The summed E-state index contributed by atoms with van der Waals surface area (Å²) in [6.45, 7) is 1.45. The van der Waals surface area contributed by atoms with Crippen molar-refractivity contribution in [3.8, 4) is 5.75 Å². The maximum atomic E-state index is 11.8. The molecule has 0 unspecified atom stereocenters. The SMILES string of the molecule is Cc1cc(O)c(C(=O)C(=O)c2cccs2)c(=O)o1. The number of aromatic hydroxyl groups is 1. The van der Waals surface area contributed by atoms with E-state index in [0.717, 1.165) is 17.4 Å². The lowest BCUT2D eigenvalue weighted by Crippen LogP contribution is -2.21. The van der Waals surface area contributed by atoms with Gasteiger partial charge >= 0.3 is 5.63 Å². The molecule has 0 aliphatic heterocycles. The van der Waals surface area contributed by atoms with Gasteiger partial charge in [0.15, 0.2) is 5.56 Å². The van der Waals surface area contributed by atoms with Crippen LogP contribution in [0.1, 0.15) is 25.8 Å². The highest BCUT2D eigenvalue weighted by Gasteiger charge is 2.26. The van der Waals surface area contributed by atoms with E-state index in [1.54, 1.807) is 11.4 Å². The summed E-state index contributed by atoms with van der Waals surface area (Å²) in [7, 11) is 0. The number of aryl methyl sites for hydroxylation is 1. The summed E-state index contributed by atoms with van der Waals surface area (Å²) in [5.74, 6) is -2.28. The van der Waals surface area contributed by atoms with Crippen molar-refractivity contribution in [2.45, 2.75) is 6.92 Å². The van der Waals surface area contributed by atoms with Gasteiger partial charge in [-0.05, 0) is 18.4 Å². The Bertz CT molecular complexity index is 666. The third kappa shape index (κ3) is 2.10. The third-order valence-electron chi connectivity index (χ3n) is 2.23. The second kappa shape index (κ2) is 4.58. The van der Waals surface area contributed by atoms with Gasteiger partial charge in [-0.1, -0.05) is 6.07 Å². The highest BCUT2D eigenvalue weighted by atomic mass is 32.1. The van der Waals surface area contributed by atoms with Gasteiger partial charge in [-0.2, -0.15) is 0 Å². The first kappa shape index (κ1) is 12.3. The fraction of sp³-hybridized carbons (Fsp3) is 0.0833. The van der Waals surface area contributed by atoms with Gasteiger partial charge in [0.1, 0.15) is 11.5 Å². The first-order chi connectivity index (χ1) is 8.50. The number of hydrogen-bond donors (Lipinski definition) is 1. The molecule has 18 heavy (non-hydrogen) atoms. The zero-order valence-electron chi connectivity index (χ0n) is 9.30. The van der Waals surface area contributed by atoms with Crippen LogP contribution in [0.4, 0.5) is 0 Å². The van der Waals surface area contributed by atoms with E-state index < -0.39 is 28.5 Å². The molecular weight excluding hydrogens is 256 g/mol. The van der Waals surface area contributed by atoms with E-state index in [2.05, 4.69) is 0 Å². The molecule has 2 aromatic rings. The fourth-order valence-corrected chi connectivity index (χ4v) is 2.10. The molecule has 0 aliphatic rings. The lowest BCUT2D eigenvalue weighted by molar-refractivity contribution is 0.0814. The van der Waals surface area contributed by atoms with Gasteiger partial charge < -0.3 is 9.52 Å². The van der Waals surface area contributed by atoms with E-state index in [9.17, 15) is 19.5 Å². The van der Waals surface area contributed by atoms with Crippen molar-refractivity contribution < 1.29 is 19.1 Å². The van der Waals surface area contributed by atoms with Crippen LogP contribution in [0.15, 0.2) is 32.8 Å². The van der Waals surface area contributed by atoms with Crippen LogP contribution >= 0.6 is 11.3 Å². The van der Waals surface area contributed by atoms with Gasteiger partial charge in [0.2, 0.25) is 11.6 Å². The number of Topliss-reactive ketones (excluding diaryl/α,β-unsaturated/α-hetero) is 2. The largest absolute Gasteiger partial charge is 0.507 e. The number of ketones is 2. The minimum Gasteiger partial charge on any atom is -0.507 e. The van der Waals surface area contributed by atoms with Crippen LogP contribution in [0.3, 0.4) is 0 Å². The Balaban J connectivity index is 2.48. The maximum Gasteiger partial charge on any atom is 0.351 e. The summed E-state index contributed by atoms with van der Waals surface area (Å²) in [5.41, 5.74) is -1.64. The number of hydrogen-bond acceptors (Lipinski definition) is 6. The Morgan fingerprint density at radius 3 is 2.61 bits per heavy atom. The van der Waals surface area contributed by atoms with Crippen LogP contribution in [0.25, 0.3) is 0 Å². The molecule has 0 atom stereocenters. The zero-order valence-corrected chi connectivity index (χ0v) is 10.1. The van der Waals surface area contributed by atoms with Gasteiger partial charge in [0.25, 0.3) is 0 Å². The molecule has 92 valence electrons. The summed E-state index contributed by atoms with van der Waals surface area (Å²) in [5, 5.41) is 11.2. The lowest BCUT2D eigenvalue weighted by Gasteiger charge is -2.01. The van der Waals surface area contributed by atoms with Crippen LogP contribution < -0.4 is 5.63 Å². The Labute approximate surface area is 105 Å². The normalized spacial score (nSPS) is 10.3. The summed E-state index contributed by atoms with van der Waals surface area (Å²) >= 11 is 1.08. The minimum absolute atomic E-state index is 0.164. The average molecular weight is 264 g/mol. The van der Waals surface area contributed by atoms with E-state index in [4.69, 9.17) is 4.42 Å². The number of thiophene rings is 1. The van der Waals surface area contributed by atoms with Crippen molar-refractivity contribution in [1.82, 2.24) is 0 Å². The van der Waals surface area contributed by atoms with Crippen LogP contribution in [0.2, 0.25) is 0 Å². The maximum absolute atomic E-state index is 11.8. The van der Waals surface area contributed by atoms with Gasteiger partial charge in [-0.25, -0.2) is 4.79 Å². The van der Waals surface area contributed by atoms with Gasteiger partial charge in [0.05, 0.1) is 4.88 Å². The molecule has 0 radical (unpaired) electrons. The van der Waals surface area contributed by atoms with Crippen molar-refractivity contribution in [2.24, 2.45) is 0 Å². The smallest absolute Gasteiger partial charge is 0.351 e. The van der Waals surface area contributed by atoms with E-state index in [1.807, 2.05) is 0 Å². The predicted molar refractivity (Wildman–Crippen MR) is 64.4 cm³/mol. The molecule has 0 spiro atoms. The highest BCUT2D eigenvalue weighted by molar-refractivity contribution is 7.13. The number of carbonyl (C=O) groups is 2. The zero-order chi connectivity index (χ0) is 13.3. The standard InChI is InChI=1S/C12H8O5S/c1-6-5-7(13)9(12(16)17-6)11(15)10(14)8-3-2-4-18-8/h2-5,13H,1H3. The van der Waals surface area contributed by atoms with Crippen molar-refractivity contribution in [2.75, 3.05) is 0 Å². The molecule has 2 heterocycles. The summed E-state index contributed by atoms with van der Waals surface area (Å²) in [4.78, 5) is 35.3. The van der Waals surface area contributed by atoms with Crippen molar-refractivity contribution in [3.05, 3.63) is 50.2 Å². The molecule has 2 rings (SSSR count). The Hall–Kier alpha value is -2.21. The molecule has 0 bridgehead atoms. The molecule has 6 heteroatoms. The van der Waals surface area contributed by atoms with Crippen LogP contribution in [-0.2, 0) is 0 Å². The molecule has 0 aromatic carbocycles. The summed E-state index contributed by atoms with van der Waals surface area (Å²) in [6.07, 6.45) is 0. The molecular formula is C12H8O5S. The predicted octanol–water partition coefficient (Wildman–Crippen LogP) is 1.78. The Morgan fingerprint density at radius 2 is 2.06 bits per heavy atom. The second-order valence-corrected chi connectivity index (χ2v) is 4.49. The van der Waals surface area contributed by atoms with Crippen LogP contribution in [-0.4, -0.2) is 16.7 Å². The van der Waals surface area contributed by atoms with Gasteiger partial charge in [-0.15, -0.1) is 11.3 Å². The minimum atomic E-state index is -1.07. The molecule has 0 amide bonds.